The molecule has 0 bridgehead atoms. The topological polar surface area (TPSA) is 102 Å². The molecule has 2 unspecified atom stereocenters. The van der Waals surface area contributed by atoms with E-state index in [0.29, 0.717) is 25.8 Å². The Morgan fingerprint density at radius 1 is 1.17 bits per heavy atom. The molecule has 30 heavy (non-hydrogen) atoms. The number of carbonyl (C=O) groups is 3. The van der Waals surface area contributed by atoms with Gasteiger partial charge in [0.2, 0.25) is 11.8 Å². The molecule has 164 valence electrons. The van der Waals surface area contributed by atoms with Crippen LogP contribution < -0.4 is 11.1 Å². The minimum Gasteiger partial charge on any atom is -0.469 e. The summed E-state index contributed by atoms with van der Waals surface area (Å²) >= 11 is 0. The lowest BCUT2D eigenvalue weighted by Gasteiger charge is -2.31. The van der Waals surface area contributed by atoms with Gasteiger partial charge in [-0.1, -0.05) is 36.8 Å². The van der Waals surface area contributed by atoms with Gasteiger partial charge in [-0.3, -0.25) is 14.4 Å². The van der Waals surface area contributed by atoms with Crippen molar-refractivity contribution in [1.82, 2.24) is 10.2 Å². The number of ether oxygens (including phenoxy) is 1. The summed E-state index contributed by atoms with van der Waals surface area (Å²) in [4.78, 5) is 39.2. The Morgan fingerprint density at radius 2 is 1.93 bits per heavy atom. The molecule has 3 rings (SSSR count). The number of hydrogen-bond acceptors (Lipinski definition) is 5. The number of hydrogen-bond donors (Lipinski definition) is 2. The van der Waals surface area contributed by atoms with Gasteiger partial charge >= 0.3 is 5.97 Å². The van der Waals surface area contributed by atoms with E-state index in [0.717, 1.165) is 31.2 Å². The van der Waals surface area contributed by atoms with Crippen molar-refractivity contribution in [2.24, 2.45) is 11.7 Å². The molecule has 0 aromatic heterocycles. The molecule has 1 aromatic carbocycles. The number of nitrogens with zero attached hydrogens (tertiary/aromatic N) is 1. The zero-order valence-corrected chi connectivity index (χ0v) is 17.7. The molecule has 2 amide bonds. The molecule has 1 aliphatic carbocycles. The van der Waals surface area contributed by atoms with Gasteiger partial charge < -0.3 is 20.7 Å². The zero-order chi connectivity index (χ0) is 21.5. The zero-order valence-electron chi connectivity index (χ0n) is 17.7. The van der Waals surface area contributed by atoms with Gasteiger partial charge in [-0.05, 0) is 44.1 Å². The first-order valence-corrected chi connectivity index (χ1v) is 10.9. The maximum Gasteiger partial charge on any atom is 0.308 e. The van der Waals surface area contributed by atoms with E-state index in [1.54, 1.807) is 4.90 Å². The average Bonchev–Trinajstić information content (AvgIpc) is 3.24. The summed E-state index contributed by atoms with van der Waals surface area (Å²) < 4.78 is 4.85. The number of esters is 1. The van der Waals surface area contributed by atoms with E-state index in [2.05, 4.69) is 5.32 Å². The molecule has 4 atom stereocenters. The second-order valence-corrected chi connectivity index (χ2v) is 8.49. The Balaban J connectivity index is 1.52. The van der Waals surface area contributed by atoms with Gasteiger partial charge in [0.15, 0.2) is 0 Å². The van der Waals surface area contributed by atoms with Crippen molar-refractivity contribution in [2.45, 2.75) is 69.5 Å². The van der Waals surface area contributed by atoms with Gasteiger partial charge in [-0.15, -0.1) is 0 Å². The van der Waals surface area contributed by atoms with Crippen LogP contribution in [0.1, 0.15) is 50.5 Å². The highest BCUT2D eigenvalue weighted by Gasteiger charge is 2.36. The maximum absolute atomic E-state index is 12.9. The number of carbonyl (C=O) groups excluding carboxylic acids is 3. The summed E-state index contributed by atoms with van der Waals surface area (Å²) in [5.41, 5.74) is 7.31. The molecule has 1 aliphatic heterocycles. The number of amides is 2. The largest absolute Gasteiger partial charge is 0.469 e. The highest BCUT2D eigenvalue weighted by Crippen LogP contribution is 2.26. The standard InChI is InChI=1S/C23H33N3O4/c1-30-23(29)17-9-5-10-19(14-17)25-22(28)20-11-6-12-26(20)21(27)15-18(24)13-16-7-3-2-4-8-16/h2-4,7-8,17-20H,5-6,9-15,24H2,1H3,(H,25,28)/t17?,18-,19?,20+/m1/s1. The Labute approximate surface area is 178 Å². The van der Waals surface area contributed by atoms with Crippen molar-refractivity contribution >= 4 is 17.8 Å². The first kappa shape index (κ1) is 22.3. The van der Waals surface area contributed by atoms with Crippen molar-refractivity contribution in [3.63, 3.8) is 0 Å². The van der Waals surface area contributed by atoms with Crippen molar-refractivity contribution < 1.29 is 19.1 Å². The van der Waals surface area contributed by atoms with Crippen LogP contribution in [0.15, 0.2) is 30.3 Å². The third-order valence-corrected chi connectivity index (χ3v) is 6.21. The number of nitrogens with one attached hydrogen (secondary N) is 1. The molecule has 1 saturated heterocycles. The molecule has 0 spiro atoms. The lowest BCUT2D eigenvalue weighted by molar-refractivity contribution is -0.147. The van der Waals surface area contributed by atoms with E-state index < -0.39 is 6.04 Å². The molecular formula is C23H33N3O4. The number of rotatable bonds is 7. The van der Waals surface area contributed by atoms with Gasteiger partial charge in [0.05, 0.1) is 13.0 Å². The first-order valence-electron chi connectivity index (χ1n) is 10.9. The van der Waals surface area contributed by atoms with Gasteiger partial charge in [-0.25, -0.2) is 0 Å². The summed E-state index contributed by atoms with van der Waals surface area (Å²) in [7, 11) is 1.40. The van der Waals surface area contributed by atoms with E-state index in [1.807, 2.05) is 30.3 Å². The third-order valence-electron chi connectivity index (χ3n) is 6.21. The van der Waals surface area contributed by atoms with Crippen LogP contribution in [0.25, 0.3) is 0 Å². The summed E-state index contributed by atoms with van der Waals surface area (Å²) in [6, 6.07) is 9.11. The summed E-state index contributed by atoms with van der Waals surface area (Å²) in [6.07, 6.45) is 5.47. The van der Waals surface area contributed by atoms with Crippen molar-refractivity contribution in [3.05, 3.63) is 35.9 Å². The predicted molar refractivity (Wildman–Crippen MR) is 113 cm³/mol. The van der Waals surface area contributed by atoms with E-state index >= 15 is 0 Å². The van der Waals surface area contributed by atoms with Crippen LogP contribution in [-0.2, 0) is 25.5 Å². The fourth-order valence-corrected chi connectivity index (χ4v) is 4.67. The van der Waals surface area contributed by atoms with Crippen molar-refractivity contribution in [3.8, 4) is 0 Å². The van der Waals surface area contributed by atoms with Crippen molar-refractivity contribution in [1.29, 1.82) is 0 Å². The third kappa shape index (κ3) is 5.81. The Kier molecular flexibility index (Phi) is 7.85. The molecule has 7 nitrogen and oxygen atoms in total. The number of nitrogens with two attached hydrogens (primary N) is 1. The summed E-state index contributed by atoms with van der Waals surface area (Å²) in [5, 5.41) is 3.08. The molecule has 2 fully saturated rings. The normalized spacial score (nSPS) is 24.9. The first-order chi connectivity index (χ1) is 14.5. The van der Waals surface area contributed by atoms with E-state index in [9.17, 15) is 14.4 Å². The molecule has 3 N–H and O–H groups in total. The van der Waals surface area contributed by atoms with Crippen LogP contribution >= 0.6 is 0 Å². The van der Waals surface area contributed by atoms with Gasteiger partial charge in [0.1, 0.15) is 6.04 Å². The van der Waals surface area contributed by atoms with E-state index in [-0.39, 0.29) is 42.2 Å². The van der Waals surface area contributed by atoms with Crippen LogP contribution in [0.3, 0.4) is 0 Å². The minimum absolute atomic E-state index is 0.0479. The Bertz CT molecular complexity index is 739. The van der Waals surface area contributed by atoms with Crippen LogP contribution in [0, 0.1) is 5.92 Å². The fraction of sp³-hybridized carbons (Fsp3) is 0.609. The fourth-order valence-electron chi connectivity index (χ4n) is 4.67. The molecular weight excluding hydrogens is 382 g/mol. The molecule has 1 saturated carbocycles. The molecule has 1 aromatic rings. The molecule has 1 heterocycles. The minimum atomic E-state index is -0.445. The number of benzene rings is 1. The Morgan fingerprint density at radius 3 is 2.67 bits per heavy atom. The van der Waals surface area contributed by atoms with Gasteiger partial charge in [-0.2, -0.15) is 0 Å². The monoisotopic (exact) mass is 415 g/mol. The van der Waals surface area contributed by atoms with Gasteiger partial charge in [0.25, 0.3) is 0 Å². The second kappa shape index (κ2) is 10.6. The van der Waals surface area contributed by atoms with Gasteiger partial charge in [0, 0.05) is 25.0 Å². The maximum atomic E-state index is 12.9. The number of likely N-dealkylation sites (tertiary alicyclic amines) is 1. The quantitative estimate of drug-likeness (QED) is 0.661. The van der Waals surface area contributed by atoms with Crippen LogP contribution in [-0.4, -0.2) is 54.5 Å². The van der Waals surface area contributed by atoms with E-state index in [4.69, 9.17) is 10.5 Å². The van der Waals surface area contributed by atoms with Crippen molar-refractivity contribution in [2.75, 3.05) is 13.7 Å². The highest BCUT2D eigenvalue weighted by molar-refractivity contribution is 5.88. The lowest BCUT2D eigenvalue weighted by atomic mass is 9.85. The average molecular weight is 416 g/mol. The molecule has 7 heteroatoms. The van der Waals surface area contributed by atoms with Crippen LogP contribution in [0.4, 0.5) is 0 Å². The van der Waals surface area contributed by atoms with Crippen LogP contribution in [0.2, 0.25) is 0 Å². The molecule has 0 radical (unpaired) electrons. The van der Waals surface area contributed by atoms with Crippen LogP contribution in [0.5, 0.6) is 0 Å². The highest BCUT2D eigenvalue weighted by atomic mass is 16.5. The molecule has 2 aliphatic rings. The SMILES string of the molecule is COC(=O)C1CCCC(NC(=O)[C@@H]2CCCN2C(=O)C[C@H](N)Cc2ccccc2)C1. The Hall–Kier alpha value is -2.41. The lowest BCUT2D eigenvalue weighted by Crippen LogP contribution is -2.50. The van der Waals surface area contributed by atoms with E-state index in [1.165, 1.54) is 7.11 Å². The predicted octanol–water partition coefficient (Wildman–Crippen LogP) is 1.79. The number of methoxy groups -OCH3 is 1. The summed E-state index contributed by atoms with van der Waals surface area (Å²) in [6.45, 7) is 0.588. The second-order valence-electron chi connectivity index (χ2n) is 8.49. The summed E-state index contributed by atoms with van der Waals surface area (Å²) in [5.74, 6) is -0.550. The smallest absolute Gasteiger partial charge is 0.308 e.